The van der Waals surface area contributed by atoms with Crippen LogP contribution in [0.3, 0.4) is 0 Å². The normalized spacial score (nSPS) is 16.8. The Labute approximate surface area is 195 Å². The van der Waals surface area contributed by atoms with Gasteiger partial charge in [0, 0.05) is 37.3 Å². The number of carbonyl (C=O) groups excluding carboxylic acids is 2. The number of aromatic nitrogens is 2. The van der Waals surface area contributed by atoms with E-state index >= 15 is 0 Å². The molecule has 0 saturated carbocycles. The first-order chi connectivity index (χ1) is 15.8. The number of nitrogens with zero attached hydrogens (tertiary/aromatic N) is 3. The van der Waals surface area contributed by atoms with E-state index in [0.717, 1.165) is 6.42 Å². The number of anilines is 2. The highest BCUT2D eigenvalue weighted by molar-refractivity contribution is 7.89. The average Bonchev–Trinajstić information content (AvgIpc) is 3.30. The van der Waals surface area contributed by atoms with E-state index in [2.05, 4.69) is 20.8 Å². The summed E-state index contributed by atoms with van der Waals surface area (Å²) in [5.41, 5.74) is 1.20. The van der Waals surface area contributed by atoms with Crippen LogP contribution in [0.2, 0.25) is 0 Å². The zero-order valence-corrected chi connectivity index (χ0v) is 19.5. The van der Waals surface area contributed by atoms with Gasteiger partial charge < -0.3 is 10.6 Å². The van der Waals surface area contributed by atoms with Gasteiger partial charge >= 0.3 is 0 Å². The summed E-state index contributed by atoms with van der Waals surface area (Å²) in [5.74, 6) is -0.703. The Balaban J connectivity index is 1.45. The number of hydrogen-bond acceptors (Lipinski definition) is 7. The summed E-state index contributed by atoms with van der Waals surface area (Å²) in [5, 5.41) is 14.5. The fraction of sp³-hybridized carbons (Fsp3) is 0.273. The Morgan fingerprint density at radius 1 is 1.00 bits per heavy atom. The summed E-state index contributed by atoms with van der Waals surface area (Å²) < 4.78 is 27.8. The van der Waals surface area contributed by atoms with E-state index in [1.165, 1.54) is 34.7 Å². The van der Waals surface area contributed by atoms with Crippen LogP contribution in [0.5, 0.6) is 0 Å². The van der Waals surface area contributed by atoms with E-state index in [-0.39, 0.29) is 34.2 Å². The quantitative estimate of drug-likeness (QED) is 0.552. The van der Waals surface area contributed by atoms with Gasteiger partial charge in [0.15, 0.2) is 0 Å². The molecule has 33 heavy (non-hydrogen) atoms. The molecule has 1 saturated heterocycles. The number of rotatable bonds is 6. The fourth-order valence-corrected chi connectivity index (χ4v) is 6.01. The third-order valence-corrected chi connectivity index (χ3v) is 8.18. The van der Waals surface area contributed by atoms with Gasteiger partial charge in [-0.2, -0.15) is 4.31 Å². The van der Waals surface area contributed by atoms with Gasteiger partial charge in [-0.25, -0.2) is 8.42 Å². The molecule has 0 spiro atoms. The van der Waals surface area contributed by atoms with Crippen molar-refractivity contribution in [3.8, 4) is 0 Å². The van der Waals surface area contributed by atoms with Crippen LogP contribution in [0, 0.1) is 0 Å². The van der Waals surface area contributed by atoms with Gasteiger partial charge in [-0.1, -0.05) is 29.5 Å². The van der Waals surface area contributed by atoms with E-state index in [4.69, 9.17) is 0 Å². The van der Waals surface area contributed by atoms with Gasteiger partial charge in [0.1, 0.15) is 5.01 Å². The minimum Gasteiger partial charge on any atom is -0.326 e. The molecule has 1 atom stereocenters. The topological polar surface area (TPSA) is 121 Å². The molecule has 3 aromatic rings. The highest BCUT2D eigenvalue weighted by Gasteiger charge is 2.32. The molecular weight excluding hydrogens is 462 g/mol. The Morgan fingerprint density at radius 2 is 1.70 bits per heavy atom. The molecule has 2 N–H and O–H groups in total. The van der Waals surface area contributed by atoms with Crippen LogP contribution in [-0.2, 0) is 14.8 Å². The van der Waals surface area contributed by atoms with Crippen LogP contribution >= 0.6 is 11.3 Å². The predicted molar refractivity (Wildman–Crippen MR) is 126 cm³/mol. The lowest BCUT2D eigenvalue weighted by Gasteiger charge is -2.30. The summed E-state index contributed by atoms with van der Waals surface area (Å²) in [7, 11) is -3.70. The third-order valence-electron chi connectivity index (χ3n) is 5.21. The van der Waals surface area contributed by atoms with Crippen LogP contribution in [0.25, 0.3) is 0 Å². The zero-order chi connectivity index (χ0) is 23.4. The smallest absolute Gasteiger partial charge is 0.286 e. The number of nitrogens with one attached hydrogen (secondary N) is 2. The number of benzene rings is 2. The predicted octanol–water partition coefficient (Wildman–Crippen LogP) is 3.32. The Hall–Kier alpha value is -3.15. The lowest BCUT2D eigenvalue weighted by Crippen LogP contribution is -2.39. The minimum atomic E-state index is -3.70. The van der Waals surface area contributed by atoms with Crippen molar-refractivity contribution >= 4 is 44.5 Å². The second kappa shape index (κ2) is 9.77. The number of piperidine rings is 1. The van der Waals surface area contributed by atoms with E-state index in [9.17, 15) is 18.0 Å². The summed E-state index contributed by atoms with van der Waals surface area (Å²) in [6, 6.07) is 15.2. The van der Waals surface area contributed by atoms with Gasteiger partial charge in [-0.3, -0.25) is 9.59 Å². The van der Waals surface area contributed by atoms with Crippen LogP contribution < -0.4 is 10.6 Å². The maximum atomic E-state index is 13.2. The lowest BCUT2D eigenvalue weighted by molar-refractivity contribution is -0.114. The number of sulfonamides is 1. The molecule has 1 aliphatic heterocycles. The van der Waals surface area contributed by atoms with Gasteiger partial charge in [0.2, 0.25) is 20.9 Å². The van der Waals surface area contributed by atoms with Crippen molar-refractivity contribution in [1.29, 1.82) is 0 Å². The van der Waals surface area contributed by atoms with Crippen molar-refractivity contribution < 1.29 is 18.0 Å². The molecule has 0 radical (unpaired) electrons. The minimum absolute atomic E-state index is 0.136. The molecule has 1 fully saturated rings. The second-order valence-electron chi connectivity index (χ2n) is 7.67. The molecule has 9 nitrogen and oxygen atoms in total. The first-order valence-corrected chi connectivity index (χ1v) is 12.7. The molecular formula is C22H23N5O4S2. The fourth-order valence-electron chi connectivity index (χ4n) is 3.62. The molecule has 1 aliphatic rings. The SMILES string of the molecule is CC(=O)Nc1ccc(S(=O)(=O)N2CCCC(c3nnc(C(=O)Nc4ccccc4)s3)C2)cc1. The van der Waals surface area contributed by atoms with Crippen LogP contribution in [0.4, 0.5) is 11.4 Å². The van der Waals surface area contributed by atoms with Crippen molar-refractivity contribution in [2.75, 3.05) is 23.7 Å². The Bertz CT molecular complexity index is 1240. The molecule has 1 unspecified atom stereocenters. The van der Waals surface area contributed by atoms with Crippen molar-refractivity contribution in [2.24, 2.45) is 0 Å². The highest BCUT2D eigenvalue weighted by atomic mass is 32.2. The number of hydrogen-bond donors (Lipinski definition) is 2. The van der Waals surface area contributed by atoms with Gasteiger partial charge in [0.25, 0.3) is 5.91 Å². The van der Waals surface area contributed by atoms with Crippen molar-refractivity contribution in [1.82, 2.24) is 14.5 Å². The van der Waals surface area contributed by atoms with E-state index in [1.54, 1.807) is 24.3 Å². The highest BCUT2D eigenvalue weighted by Crippen LogP contribution is 2.32. The standard InChI is InChI=1S/C22H23N5O4S2/c1-15(28)23-18-9-11-19(12-10-18)33(30,31)27-13-5-6-16(14-27)21-25-26-22(32-21)20(29)24-17-7-3-2-4-8-17/h2-4,7-12,16H,5-6,13-14H2,1H3,(H,23,28)(H,24,29). The molecule has 4 rings (SSSR count). The molecule has 0 bridgehead atoms. The van der Waals surface area contributed by atoms with Crippen LogP contribution in [0.15, 0.2) is 59.5 Å². The van der Waals surface area contributed by atoms with E-state index < -0.39 is 10.0 Å². The number of para-hydroxylation sites is 1. The van der Waals surface area contributed by atoms with E-state index in [1.807, 2.05) is 18.2 Å². The summed E-state index contributed by atoms with van der Waals surface area (Å²) in [6.45, 7) is 2.07. The van der Waals surface area contributed by atoms with Gasteiger partial charge in [-0.05, 0) is 49.2 Å². The van der Waals surface area contributed by atoms with Crippen molar-refractivity contribution in [3.05, 3.63) is 64.6 Å². The summed E-state index contributed by atoms with van der Waals surface area (Å²) in [4.78, 5) is 23.8. The van der Waals surface area contributed by atoms with Crippen molar-refractivity contribution in [3.63, 3.8) is 0 Å². The number of carbonyl (C=O) groups is 2. The first-order valence-electron chi connectivity index (χ1n) is 10.4. The molecule has 2 heterocycles. The average molecular weight is 486 g/mol. The second-order valence-corrected chi connectivity index (χ2v) is 10.6. The monoisotopic (exact) mass is 485 g/mol. The molecule has 2 aromatic carbocycles. The maximum Gasteiger partial charge on any atom is 0.286 e. The van der Waals surface area contributed by atoms with E-state index in [0.29, 0.717) is 29.3 Å². The van der Waals surface area contributed by atoms with Crippen LogP contribution in [0.1, 0.15) is 40.5 Å². The lowest BCUT2D eigenvalue weighted by atomic mass is 10.0. The van der Waals surface area contributed by atoms with Crippen LogP contribution in [-0.4, -0.2) is 47.8 Å². The summed E-state index contributed by atoms with van der Waals surface area (Å²) >= 11 is 1.19. The molecule has 172 valence electrons. The molecule has 1 aromatic heterocycles. The molecule has 0 aliphatic carbocycles. The number of amides is 2. The first kappa shape index (κ1) is 23.0. The molecule has 11 heteroatoms. The van der Waals surface area contributed by atoms with Crippen molar-refractivity contribution in [2.45, 2.75) is 30.6 Å². The largest absolute Gasteiger partial charge is 0.326 e. The molecule has 2 amide bonds. The zero-order valence-electron chi connectivity index (χ0n) is 17.9. The Morgan fingerprint density at radius 3 is 2.39 bits per heavy atom. The maximum absolute atomic E-state index is 13.2. The van der Waals surface area contributed by atoms with Gasteiger partial charge in [0.05, 0.1) is 4.90 Å². The third kappa shape index (κ3) is 5.44. The Kier molecular flexibility index (Phi) is 6.82. The summed E-state index contributed by atoms with van der Waals surface area (Å²) in [6.07, 6.45) is 1.45. The van der Waals surface area contributed by atoms with Gasteiger partial charge in [-0.15, -0.1) is 10.2 Å².